The smallest absolute Gasteiger partial charge is 0.406 e. The van der Waals surface area contributed by atoms with Gasteiger partial charge in [-0.3, -0.25) is 4.79 Å². The Bertz CT molecular complexity index is 1300. The van der Waals surface area contributed by atoms with E-state index in [2.05, 4.69) is 30.4 Å². The average molecular weight is 458 g/mol. The van der Waals surface area contributed by atoms with Crippen LogP contribution in [0.3, 0.4) is 0 Å². The summed E-state index contributed by atoms with van der Waals surface area (Å²) in [5.41, 5.74) is 1.41. The molecule has 0 aliphatic carbocycles. The summed E-state index contributed by atoms with van der Waals surface area (Å²) in [7, 11) is 0. The predicted octanol–water partition coefficient (Wildman–Crippen LogP) is 4.17. The maximum atomic E-state index is 12.6. The van der Waals surface area contributed by atoms with Crippen molar-refractivity contribution in [1.29, 1.82) is 0 Å². The van der Waals surface area contributed by atoms with Crippen LogP contribution in [-0.2, 0) is 4.79 Å². The molecule has 2 aromatic heterocycles. The van der Waals surface area contributed by atoms with E-state index in [-0.39, 0.29) is 23.4 Å². The molecule has 0 saturated heterocycles. The second-order valence-corrected chi connectivity index (χ2v) is 7.36. The number of para-hydroxylation sites is 1. The van der Waals surface area contributed by atoms with Crippen LogP contribution in [0.25, 0.3) is 27.9 Å². The minimum absolute atomic E-state index is 0.187. The van der Waals surface area contributed by atoms with Gasteiger partial charge >= 0.3 is 6.36 Å². The molecule has 4 rings (SSSR count). The minimum Gasteiger partial charge on any atom is -0.406 e. The number of benzene rings is 2. The third-order valence-corrected chi connectivity index (χ3v) is 4.79. The molecule has 0 unspecified atom stereocenters. The summed E-state index contributed by atoms with van der Waals surface area (Å²) in [6.45, 7) is 4.21. The predicted molar refractivity (Wildman–Crippen MR) is 117 cm³/mol. The van der Waals surface area contributed by atoms with E-state index >= 15 is 0 Å². The van der Waals surface area contributed by atoms with Gasteiger partial charge in [0.2, 0.25) is 11.9 Å². The van der Waals surface area contributed by atoms with E-state index in [1.165, 1.54) is 22.7 Å². The highest BCUT2D eigenvalue weighted by molar-refractivity contribution is 5.93. The van der Waals surface area contributed by atoms with Crippen molar-refractivity contribution in [3.63, 3.8) is 0 Å². The summed E-state index contributed by atoms with van der Waals surface area (Å²) in [4.78, 5) is 21.5. The summed E-state index contributed by atoms with van der Waals surface area (Å²) in [6, 6.07) is 12.1. The lowest BCUT2D eigenvalue weighted by Gasteiger charge is -2.15. The van der Waals surface area contributed by atoms with Gasteiger partial charge in [0.1, 0.15) is 11.8 Å². The molecule has 0 fully saturated rings. The zero-order valence-electron chi connectivity index (χ0n) is 17.8. The number of fused-ring (bicyclic) bond motifs is 3. The van der Waals surface area contributed by atoms with E-state index in [9.17, 15) is 18.0 Å². The molecule has 0 spiro atoms. The Morgan fingerprint density at radius 2 is 1.94 bits per heavy atom. The van der Waals surface area contributed by atoms with Crippen LogP contribution in [0.2, 0.25) is 0 Å². The summed E-state index contributed by atoms with van der Waals surface area (Å²) in [5, 5.41) is 11.0. The molecule has 0 aliphatic heterocycles. The minimum atomic E-state index is -4.81. The van der Waals surface area contributed by atoms with E-state index in [4.69, 9.17) is 0 Å². The number of nitrogens with one attached hydrogen (secondary N) is 2. The molecule has 2 aromatic carbocycles. The maximum absolute atomic E-state index is 12.6. The largest absolute Gasteiger partial charge is 0.573 e. The van der Waals surface area contributed by atoms with Crippen LogP contribution in [0.1, 0.15) is 20.3 Å². The number of alkyl halides is 3. The monoisotopic (exact) mass is 458 g/mol. The zero-order valence-corrected chi connectivity index (χ0v) is 17.8. The molecule has 11 heteroatoms. The highest BCUT2D eigenvalue weighted by Gasteiger charge is 2.31. The molecule has 1 amide bonds. The van der Waals surface area contributed by atoms with Gasteiger partial charge < -0.3 is 15.4 Å². The van der Waals surface area contributed by atoms with E-state index in [1.54, 1.807) is 19.1 Å². The van der Waals surface area contributed by atoms with Crippen LogP contribution in [-0.4, -0.2) is 44.4 Å². The number of amides is 1. The zero-order chi connectivity index (χ0) is 23.6. The molecule has 0 bridgehead atoms. The van der Waals surface area contributed by atoms with Gasteiger partial charge in [0.25, 0.3) is 0 Å². The van der Waals surface area contributed by atoms with Crippen LogP contribution in [0.4, 0.5) is 19.1 Å². The standard InChI is InChI=1S/C22H21F3N6O2/c1-3-11-26-20(32)13(2)27-21-28-17-10-5-4-9-16(17)19-29-18(30-31(19)21)14-7-6-8-15(12-14)33-22(23,24)25/h4-10,12-13H,3,11H2,1-2H3,(H,26,32)(H,27,28)/t13-/m1/s1. The van der Waals surface area contributed by atoms with Gasteiger partial charge in [-0.2, -0.15) is 4.52 Å². The van der Waals surface area contributed by atoms with Gasteiger partial charge in [0.05, 0.1) is 5.52 Å². The quantitative estimate of drug-likeness (QED) is 0.432. The van der Waals surface area contributed by atoms with E-state index < -0.39 is 12.4 Å². The number of aromatic nitrogens is 4. The van der Waals surface area contributed by atoms with Crippen LogP contribution in [0.5, 0.6) is 5.75 Å². The van der Waals surface area contributed by atoms with Gasteiger partial charge in [-0.05, 0) is 37.6 Å². The molecule has 1 atom stereocenters. The molecular weight excluding hydrogens is 437 g/mol. The molecule has 2 heterocycles. The molecule has 8 nitrogen and oxygen atoms in total. The van der Waals surface area contributed by atoms with Crippen LogP contribution in [0, 0.1) is 0 Å². The van der Waals surface area contributed by atoms with Gasteiger partial charge in [0, 0.05) is 17.5 Å². The Hall–Kier alpha value is -3.89. The number of rotatable bonds is 7. The molecule has 0 saturated carbocycles. The highest BCUT2D eigenvalue weighted by Crippen LogP contribution is 2.28. The molecule has 2 N–H and O–H groups in total. The van der Waals surface area contributed by atoms with Gasteiger partial charge in [-0.15, -0.1) is 18.3 Å². The molecule has 172 valence electrons. The second-order valence-electron chi connectivity index (χ2n) is 7.36. The number of carbonyl (C=O) groups excluding carboxylic acids is 1. The SMILES string of the molecule is CCCNC(=O)[C@@H](C)Nc1nc2ccccc2c2nc(-c3cccc(OC(F)(F)F)c3)nn12. The van der Waals surface area contributed by atoms with Crippen LogP contribution in [0.15, 0.2) is 48.5 Å². The number of anilines is 1. The first kappa shape index (κ1) is 22.3. The summed E-state index contributed by atoms with van der Waals surface area (Å²) >= 11 is 0. The van der Waals surface area contributed by atoms with Crippen molar-refractivity contribution >= 4 is 28.4 Å². The van der Waals surface area contributed by atoms with Gasteiger partial charge in [0.15, 0.2) is 11.5 Å². The third-order valence-electron chi connectivity index (χ3n) is 4.79. The number of nitrogens with zero attached hydrogens (tertiary/aromatic N) is 4. The van der Waals surface area contributed by atoms with Crippen molar-refractivity contribution in [3.8, 4) is 17.1 Å². The maximum Gasteiger partial charge on any atom is 0.573 e. The molecule has 0 radical (unpaired) electrons. The van der Waals surface area contributed by atoms with E-state index in [0.29, 0.717) is 28.7 Å². The lowest BCUT2D eigenvalue weighted by atomic mass is 10.2. The number of ether oxygens (including phenoxy) is 1. The molecule has 0 aliphatic rings. The number of hydrogen-bond donors (Lipinski definition) is 2. The molecule has 4 aromatic rings. The van der Waals surface area contributed by atoms with E-state index in [1.807, 2.05) is 25.1 Å². The first-order valence-corrected chi connectivity index (χ1v) is 10.3. The fourth-order valence-electron chi connectivity index (χ4n) is 3.26. The van der Waals surface area contributed by atoms with Crippen molar-refractivity contribution in [2.75, 3.05) is 11.9 Å². The van der Waals surface area contributed by atoms with Crippen LogP contribution < -0.4 is 15.4 Å². The number of halogens is 3. The Morgan fingerprint density at radius 1 is 1.15 bits per heavy atom. The Balaban J connectivity index is 1.77. The Kier molecular flexibility index (Phi) is 6.03. The van der Waals surface area contributed by atoms with Crippen molar-refractivity contribution < 1.29 is 22.7 Å². The first-order valence-electron chi connectivity index (χ1n) is 10.3. The topological polar surface area (TPSA) is 93.4 Å². The lowest BCUT2D eigenvalue weighted by Crippen LogP contribution is -2.38. The van der Waals surface area contributed by atoms with Gasteiger partial charge in [-0.25, -0.2) is 9.97 Å². The fourth-order valence-corrected chi connectivity index (χ4v) is 3.26. The van der Waals surface area contributed by atoms with Gasteiger partial charge in [-0.1, -0.05) is 31.2 Å². The second kappa shape index (κ2) is 8.93. The highest BCUT2D eigenvalue weighted by atomic mass is 19.4. The Morgan fingerprint density at radius 3 is 2.70 bits per heavy atom. The van der Waals surface area contributed by atoms with Crippen molar-refractivity contribution in [1.82, 2.24) is 24.9 Å². The number of hydrogen-bond acceptors (Lipinski definition) is 6. The molecular formula is C22H21F3N6O2. The number of carbonyl (C=O) groups is 1. The van der Waals surface area contributed by atoms with Crippen LogP contribution >= 0.6 is 0 Å². The van der Waals surface area contributed by atoms with Crippen molar-refractivity contribution in [3.05, 3.63) is 48.5 Å². The average Bonchev–Trinajstić information content (AvgIpc) is 3.23. The summed E-state index contributed by atoms with van der Waals surface area (Å²) < 4.78 is 43.3. The third kappa shape index (κ3) is 4.97. The molecule has 33 heavy (non-hydrogen) atoms. The summed E-state index contributed by atoms with van der Waals surface area (Å²) in [5.74, 6) is -0.102. The van der Waals surface area contributed by atoms with Crippen molar-refractivity contribution in [2.45, 2.75) is 32.7 Å². The van der Waals surface area contributed by atoms with E-state index in [0.717, 1.165) is 6.42 Å². The lowest BCUT2D eigenvalue weighted by molar-refractivity contribution is -0.274. The normalized spacial score (nSPS) is 12.6. The summed E-state index contributed by atoms with van der Waals surface area (Å²) in [6.07, 6.45) is -4.00. The fraction of sp³-hybridized carbons (Fsp3) is 0.273. The Labute approximate surface area is 186 Å². The van der Waals surface area contributed by atoms with Crippen molar-refractivity contribution in [2.24, 2.45) is 0 Å². The first-order chi connectivity index (χ1) is 15.7.